The average molecular weight is 284 g/mol. The van der Waals surface area contributed by atoms with Crippen LogP contribution >= 0.6 is 0 Å². The summed E-state index contributed by atoms with van der Waals surface area (Å²) < 4.78 is 0. The highest BCUT2D eigenvalue weighted by Crippen LogP contribution is 2.18. The first-order valence-corrected chi connectivity index (χ1v) is 6.96. The fourth-order valence-corrected chi connectivity index (χ4v) is 2.14. The van der Waals surface area contributed by atoms with Crippen molar-refractivity contribution in [2.75, 3.05) is 6.54 Å². The minimum atomic E-state index is -0.284. The standard InChI is InChI=1S/C17H20N2O2/c1-12-7-8-14(16(20)11-12)17(21)19-10-9-15(18)13-5-3-2-4-6-13/h2-8,11,15,20H,9-10,18H2,1H3,(H,19,21). The van der Waals surface area contributed by atoms with Gasteiger partial charge in [0.1, 0.15) is 5.75 Å². The molecule has 0 saturated heterocycles. The van der Waals surface area contributed by atoms with E-state index < -0.39 is 0 Å². The maximum atomic E-state index is 12.0. The maximum Gasteiger partial charge on any atom is 0.255 e. The number of benzene rings is 2. The van der Waals surface area contributed by atoms with Crippen LogP contribution < -0.4 is 11.1 Å². The van der Waals surface area contributed by atoms with Gasteiger partial charge in [-0.3, -0.25) is 4.79 Å². The molecule has 1 amide bonds. The number of aryl methyl sites for hydroxylation is 1. The second kappa shape index (κ2) is 6.90. The van der Waals surface area contributed by atoms with Crippen LogP contribution in [-0.4, -0.2) is 17.6 Å². The normalized spacial score (nSPS) is 11.9. The number of nitrogens with one attached hydrogen (secondary N) is 1. The summed E-state index contributed by atoms with van der Waals surface area (Å²) in [5.74, 6) is -0.285. The highest BCUT2D eigenvalue weighted by Gasteiger charge is 2.11. The molecule has 0 aliphatic carbocycles. The summed E-state index contributed by atoms with van der Waals surface area (Å²) in [5.41, 5.74) is 8.31. The zero-order valence-electron chi connectivity index (χ0n) is 12.0. The van der Waals surface area contributed by atoms with Gasteiger partial charge in [-0.25, -0.2) is 0 Å². The molecule has 2 aromatic rings. The van der Waals surface area contributed by atoms with Crippen LogP contribution in [0.25, 0.3) is 0 Å². The molecular weight excluding hydrogens is 264 g/mol. The third kappa shape index (κ3) is 4.07. The van der Waals surface area contributed by atoms with Crippen LogP contribution in [0.4, 0.5) is 0 Å². The first-order chi connectivity index (χ1) is 10.1. The Balaban J connectivity index is 1.87. The molecule has 1 atom stereocenters. The van der Waals surface area contributed by atoms with Crippen LogP contribution in [-0.2, 0) is 0 Å². The lowest BCUT2D eigenvalue weighted by Crippen LogP contribution is -2.27. The van der Waals surface area contributed by atoms with Crippen molar-refractivity contribution in [1.29, 1.82) is 0 Å². The number of carbonyl (C=O) groups excluding carboxylic acids is 1. The Morgan fingerprint density at radius 1 is 1.24 bits per heavy atom. The summed E-state index contributed by atoms with van der Waals surface area (Å²) in [7, 11) is 0. The van der Waals surface area contributed by atoms with Crippen molar-refractivity contribution in [3.63, 3.8) is 0 Å². The smallest absolute Gasteiger partial charge is 0.255 e. The molecule has 110 valence electrons. The third-order valence-corrected chi connectivity index (χ3v) is 3.37. The molecule has 0 aliphatic rings. The van der Waals surface area contributed by atoms with Gasteiger partial charge in [0.15, 0.2) is 0 Å². The van der Waals surface area contributed by atoms with E-state index in [4.69, 9.17) is 5.73 Å². The van der Waals surface area contributed by atoms with E-state index in [0.29, 0.717) is 13.0 Å². The summed E-state index contributed by atoms with van der Waals surface area (Å²) in [4.78, 5) is 12.0. The summed E-state index contributed by atoms with van der Waals surface area (Å²) >= 11 is 0. The van der Waals surface area contributed by atoms with Gasteiger partial charge in [-0.05, 0) is 36.6 Å². The number of hydrogen-bond donors (Lipinski definition) is 3. The Hall–Kier alpha value is -2.33. The fraction of sp³-hybridized carbons (Fsp3) is 0.235. The topological polar surface area (TPSA) is 75.4 Å². The SMILES string of the molecule is Cc1ccc(C(=O)NCCC(N)c2ccccc2)c(O)c1. The molecule has 4 heteroatoms. The number of hydrogen-bond acceptors (Lipinski definition) is 3. The lowest BCUT2D eigenvalue weighted by molar-refractivity contribution is 0.0950. The molecule has 2 aromatic carbocycles. The Bertz CT molecular complexity index is 611. The van der Waals surface area contributed by atoms with Crippen molar-refractivity contribution in [3.8, 4) is 5.75 Å². The molecule has 4 N–H and O–H groups in total. The molecule has 0 radical (unpaired) electrons. The van der Waals surface area contributed by atoms with Crippen LogP contribution in [0.3, 0.4) is 0 Å². The third-order valence-electron chi connectivity index (χ3n) is 3.37. The number of rotatable bonds is 5. The van der Waals surface area contributed by atoms with Crippen molar-refractivity contribution in [2.45, 2.75) is 19.4 Å². The van der Waals surface area contributed by atoms with E-state index in [9.17, 15) is 9.90 Å². The quantitative estimate of drug-likeness (QED) is 0.789. The second-order valence-electron chi connectivity index (χ2n) is 5.08. The highest BCUT2D eigenvalue weighted by atomic mass is 16.3. The van der Waals surface area contributed by atoms with Crippen molar-refractivity contribution < 1.29 is 9.90 Å². The number of amides is 1. The number of aromatic hydroxyl groups is 1. The van der Waals surface area contributed by atoms with Gasteiger partial charge >= 0.3 is 0 Å². The van der Waals surface area contributed by atoms with E-state index in [-0.39, 0.29) is 23.3 Å². The molecular formula is C17H20N2O2. The Labute approximate surface area is 124 Å². The zero-order valence-corrected chi connectivity index (χ0v) is 12.0. The molecule has 0 aliphatic heterocycles. The predicted octanol–water partition coefficient (Wildman–Crippen LogP) is 2.52. The molecule has 0 bridgehead atoms. The van der Waals surface area contributed by atoms with E-state index in [1.54, 1.807) is 18.2 Å². The zero-order chi connectivity index (χ0) is 15.2. The fourth-order valence-electron chi connectivity index (χ4n) is 2.14. The van der Waals surface area contributed by atoms with E-state index in [2.05, 4.69) is 5.32 Å². The van der Waals surface area contributed by atoms with Crippen molar-refractivity contribution in [1.82, 2.24) is 5.32 Å². The first-order valence-electron chi connectivity index (χ1n) is 6.96. The van der Waals surface area contributed by atoms with Crippen LogP contribution in [0, 0.1) is 6.92 Å². The molecule has 21 heavy (non-hydrogen) atoms. The second-order valence-corrected chi connectivity index (χ2v) is 5.08. The van der Waals surface area contributed by atoms with Crippen molar-refractivity contribution >= 4 is 5.91 Å². The maximum absolute atomic E-state index is 12.0. The average Bonchev–Trinajstić information content (AvgIpc) is 2.47. The van der Waals surface area contributed by atoms with Gasteiger partial charge in [-0.1, -0.05) is 36.4 Å². The lowest BCUT2D eigenvalue weighted by Gasteiger charge is -2.13. The van der Waals surface area contributed by atoms with E-state index in [0.717, 1.165) is 11.1 Å². The summed E-state index contributed by atoms with van der Waals surface area (Å²) in [6.07, 6.45) is 0.641. The van der Waals surface area contributed by atoms with Gasteiger partial charge in [0, 0.05) is 12.6 Å². The van der Waals surface area contributed by atoms with Gasteiger partial charge in [-0.15, -0.1) is 0 Å². The van der Waals surface area contributed by atoms with Gasteiger partial charge < -0.3 is 16.2 Å². The lowest BCUT2D eigenvalue weighted by atomic mass is 10.0. The van der Waals surface area contributed by atoms with Gasteiger partial charge in [0.25, 0.3) is 5.91 Å². The molecule has 4 nitrogen and oxygen atoms in total. The van der Waals surface area contributed by atoms with E-state index in [1.807, 2.05) is 37.3 Å². The molecule has 0 fully saturated rings. The van der Waals surface area contributed by atoms with Crippen molar-refractivity contribution in [2.24, 2.45) is 5.73 Å². The van der Waals surface area contributed by atoms with Gasteiger partial charge in [-0.2, -0.15) is 0 Å². The predicted molar refractivity (Wildman–Crippen MR) is 83.2 cm³/mol. The number of carbonyl (C=O) groups is 1. The first kappa shape index (κ1) is 15.1. The molecule has 0 saturated carbocycles. The van der Waals surface area contributed by atoms with Gasteiger partial charge in [0.05, 0.1) is 5.56 Å². The Kier molecular flexibility index (Phi) is 4.95. The van der Waals surface area contributed by atoms with Crippen molar-refractivity contribution in [3.05, 3.63) is 65.2 Å². The summed E-state index contributed by atoms with van der Waals surface area (Å²) in [6, 6.07) is 14.6. The molecule has 2 rings (SSSR count). The Morgan fingerprint density at radius 2 is 1.95 bits per heavy atom. The largest absolute Gasteiger partial charge is 0.507 e. The molecule has 1 unspecified atom stereocenters. The summed E-state index contributed by atoms with van der Waals surface area (Å²) in [5, 5.41) is 12.5. The molecule has 0 heterocycles. The van der Waals surface area contributed by atoms with E-state index in [1.165, 1.54) is 0 Å². The molecule has 0 spiro atoms. The molecule has 0 aromatic heterocycles. The van der Waals surface area contributed by atoms with E-state index >= 15 is 0 Å². The highest BCUT2D eigenvalue weighted by molar-refractivity contribution is 5.96. The van der Waals surface area contributed by atoms with Crippen LogP contribution in [0.2, 0.25) is 0 Å². The number of phenols is 1. The monoisotopic (exact) mass is 284 g/mol. The summed E-state index contributed by atoms with van der Waals surface area (Å²) in [6.45, 7) is 2.32. The Morgan fingerprint density at radius 3 is 2.62 bits per heavy atom. The number of phenolic OH excluding ortho intramolecular Hbond substituents is 1. The minimum absolute atomic E-state index is 0.000132. The van der Waals surface area contributed by atoms with Crippen LogP contribution in [0.5, 0.6) is 5.75 Å². The van der Waals surface area contributed by atoms with Crippen LogP contribution in [0.1, 0.15) is 33.9 Å². The number of nitrogens with two attached hydrogens (primary N) is 1. The van der Waals surface area contributed by atoms with Gasteiger partial charge in [0.2, 0.25) is 0 Å². The van der Waals surface area contributed by atoms with Crippen LogP contribution in [0.15, 0.2) is 48.5 Å². The minimum Gasteiger partial charge on any atom is -0.507 e.